The number of carbonyl (C=O) groups is 1. The van der Waals surface area contributed by atoms with Gasteiger partial charge in [-0.1, -0.05) is 6.92 Å². The van der Waals surface area contributed by atoms with Crippen LogP contribution in [0.1, 0.15) is 13.3 Å². The van der Waals surface area contributed by atoms with Gasteiger partial charge < -0.3 is 10.3 Å². The molecule has 2 aromatic rings. The summed E-state index contributed by atoms with van der Waals surface area (Å²) < 4.78 is 0. The fourth-order valence-corrected chi connectivity index (χ4v) is 1.50. The van der Waals surface area contributed by atoms with Gasteiger partial charge in [-0.05, 0) is 29.8 Å². The van der Waals surface area contributed by atoms with Crippen LogP contribution in [0.2, 0.25) is 5.28 Å². The van der Waals surface area contributed by atoms with E-state index in [0.717, 1.165) is 16.7 Å². The van der Waals surface area contributed by atoms with E-state index < -0.39 is 0 Å². The third-order valence-electron chi connectivity index (χ3n) is 2.06. The van der Waals surface area contributed by atoms with Gasteiger partial charge in [-0.3, -0.25) is 4.79 Å². The smallest absolute Gasteiger partial charge is 0.224 e. The number of benzene rings is 1. The van der Waals surface area contributed by atoms with E-state index in [4.69, 9.17) is 11.6 Å². The quantitative estimate of drug-likeness (QED) is 0.822. The van der Waals surface area contributed by atoms with Crippen LogP contribution in [0.4, 0.5) is 5.69 Å². The largest absolute Gasteiger partial charge is 0.329 e. The summed E-state index contributed by atoms with van der Waals surface area (Å²) >= 11 is 5.71. The molecular weight excluding hydrogens is 214 g/mol. The summed E-state index contributed by atoms with van der Waals surface area (Å²) in [5, 5.41) is 3.11. The third-order valence-corrected chi connectivity index (χ3v) is 2.24. The molecule has 0 unspecified atom stereocenters. The summed E-state index contributed by atoms with van der Waals surface area (Å²) in [5.74, 6) is -0.0139. The zero-order valence-electron chi connectivity index (χ0n) is 8.17. The van der Waals surface area contributed by atoms with E-state index in [1.807, 2.05) is 12.1 Å². The molecule has 78 valence electrons. The molecule has 0 fully saturated rings. The van der Waals surface area contributed by atoms with Crippen molar-refractivity contribution in [3.05, 3.63) is 23.5 Å². The van der Waals surface area contributed by atoms with Crippen LogP contribution in [0.5, 0.6) is 0 Å². The fourth-order valence-electron chi connectivity index (χ4n) is 1.31. The molecule has 0 aliphatic carbocycles. The first-order chi connectivity index (χ1) is 7.19. The number of H-pyrrole nitrogens is 1. The lowest BCUT2D eigenvalue weighted by Crippen LogP contribution is -2.09. The minimum Gasteiger partial charge on any atom is -0.329 e. The Hall–Kier alpha value is -1.55. The minimum absolute atomic E-state index is 0.0139. The zero-order valence-corrected chi connectivity index (χ0v) is 8.93. The molecule has 0 radical (unpaired) electrons. The van der Waals surface area contributed by atoms with Crippen molar-refractivity contribution in [1.82, 2.24) is 9.97 Å². The normalized spacial score (nSPS) is 10.5. The van der Waals surface area contributed by atoms with Crippen molar-refractivity contribution in [3.8, 4) is 0 Å². The molecule has 5 heteroatoms. The molecule has 1 heterocycles. The Kier molecular flexibility index (Phi) is 2.60. The van der Waals surface area contributed by atoms with E-state index in [2.05, 4.69) is 15.3 Å². The lowest BCUT2D eigenvalue weighted by molar-refractivity contribution is -0.115. The molecule has 4 nitrogen and oxygen atoms in total. The second kappa shape index (κ2) is 3.90. The average molecular weight is 224 g/mol. The maximum Gasteiger partial charge on any atom is 0.224 e. The maximum absolute atomic E-state index is 11.2. The van der Waals surface area contributed by atoms with E-state index >= 15 is 0 Å². The van der Waals surface area contributed by atoms with E-state index in [-0.39, 0.29) is 5.91 Å². The molecule has 0 aliphatic heterocycles. The van der Waals surface area contributed by atoms with Gasteiger partial charge >= 0.3 is 0 Å². The number of fused-ring (bicyclic) bond motifs is 1. The van der Waals surface area contributed by atoms with Gasteiger partial charge in [0.05, 0.1) is 11.0 Å². The van der Waals surface area contributed by atoms with Crippen molar-refractivity contribution < 1.29 is 4.79 Å². The predicted molar refractivity (Wildman–Crippen MR) is 60.0 cm³/mol. The van der Waals surface area contributed by atoms with Gasteiger partial charge in [0.25, 0.3) is 0 Å². The molecule has 0 saturated heterocycles. The molecule has 0 saturated carbocycles. The lowest BCUT2D eigenvalue weighted by Gasteiger charge is -2.02. The Morgan fingerprint density at radius 2 is 2.40 bits per heavy atom. The van der Waals surface area contributed by atoms with Gasteiger partial charge in [-0.15, -0.1) is 0 Å². The summed E-state index contributed by atoms with van der Waals surface area (Å²) in [6.45, 7) is 1.81. The highest BCUT2D eigenvalue weighted by molar-refractivity contribution is 6.29. The van der Waals surface area contributed by atoms with E-state index in [1.54, 1.807) is 13.0 Å². The third kappa shape index (κ3) is 2.10. The first-order valence-corrected chi connectivity index (χ1v) is 5.02. The SMILES string of the molecule is CCC(=O)Nc1ccc2nc(Cl)[nH]c2c1. The second-order valence-electron chi connectivity index (χ2n) is 3.16. The van der Waals surface area contributed by atoms with Crippen LogP contribution in [-0.2, 0) is 4.79 Å². The Balaban J connectivity index is 2.33. The first-order valence-electron chi connectivity index (χ1n) is 4.64. The number of aromatic amines is 1. The molecule has 15 heavy (non-hydrogen) atoms. The van der Waals surface area contributed by atoms with Crippen molar-refractivity contribution in [3.63, 3.8) is 0 Å². The van der Waals surface area contributed by atoms with Crippen molar-refractivity contribution in [1.29, 1.82) is 0 Å². The maximum atomic E-state index is 11.2. The molecule has 0 aliphatic rings. The van der Waals surface area contributed by atoms with Crippen LogP contribution in [0.15, 0.2) is 18.2 Å². The highest BCUT2D eigenvalue weighted by atomic mass is 35.5. The number of halogens is 1. The van der Waals surface area contributed by atoms with Crippen LogP contribution in [0.3, 0.4) is 0 Å². The standard InChI is InChI=1S/C10H10ClN3O/c1-2-9(15)12-6-3-4-7-8(5-6)14-10(11)13-7/h3-5H,2H2,1H3,(H,12,15)(H,13,14). The topological polar surface area (TPSA) is 57.8 Å². The van der Waals surface area contributed by atoms with Crippen molar-refractivity contribution in [2.75, 3.05) is 5.32 Å². The molecule has 1 aromatic carbocycles. The molecule has 0 bridgehead atoms. The number of anilines is 1. The van der Waals surface area contributed by atoms with Crippen LogP contribution in [-0.4, -0.2) is 15.9 Å². The van der Waals surface area contributed by atoms with Gasteiger partial charge in [0.2, 0.25) is 11.2 Å². The molecular formula is C10H10ClN3O. The number of nitrogens with zero attached hydrogens (tertiary/aromatic N) is 1. The average Bonchev–Trinajstić information content (AvgIpc) is 2.57. The Morgan fingerprint density at radius 3 is 3.13 bits per heavy atom. The highest BCUT2D eigenvalue weighted by Gasteiger charge is 2.03. The summed E-state index contributed by atoms with van der Waals surface area (Å²) in [6, 6.07) is 5.41. The number of nitrogens with one attached hydrogen (secondary N) is 2. The van der Waals surface area contributed by atoms with Crippen LogP contribution in [0.25, 0.3) is 11.0 Å². The molecule has 2 N–H and O–H groups in total. The predicted octanol–water partition coefficient (Wildman–Crippen LogP) is 2.56. The van der Waals surface area contributed by atoms with E-state index in [9.17, 15) is 4.79 Å². The zero-order chi connectivity index (χ0) is 10.8. The number of hydrogen-bond donors (Lipinski definition) is 2. The van der Waals surface area contributed by atoms with Gasteiger partial charge in [0, 0.05) is 12.1 Å². The van der Waals surface area contributed by atoms with E-state index in [0.29, 0.717) is 11.7 Å². The molecule has 1 amide bonds. The van der Waals surface area contributed by atoms with Crippen molar-refractivity contribution >= 4 is 34.2 Å². The number of hydrogen-bond acceptors (Lipinski definition) is 2. The summed E-state index contributed by atoms with van der Waals surface area (Å²) in [7, 11) is 0. The minimum atomic E-state index is -0.0139. The first kappa shape index (κ1) is 9.98. The van der Waals surface area contributed by atoms with E-state index in [1.165, 1.54) is 0 Å². The van der Waals surface area contributed by atoms with Gasteiger partial charge in [0.1, 0.15) is 0 Å². The van der Waals surface area contributed by atoms with Crippen LogP contribution >= 0.6 is 11.6 Å². The monoisotopic (exact) mass is 223 g/mol. The summed E-state index contributed by atoms with van der Waals surface area (Å²) in [4.78, 5) is 18.1. The number of amides is 1. The lowest BCUT2D eigenvalue weighted by atomic mass is 10.2. The van der Waals surface area contributed by atoms with Gasteiger partial charge in [-0.25, -0.2) is 4.98 Å². The Labute approximate surface area is 91.7 Å². The number of carbonyl (C=O) groups excluding carboxylic acids is 1. The number of rotatable bonds is 2. The number of aromatic nitrogens is 2. The highest BCUT2D eigenvalue weighted by Crippen LogP contribution is 2.18. The molecule has 0 atom stereocenters. The Bertz CT molecular complexity index is 506. The van der Waals surface area contributed by atoms with Crippen LogP contribution < -0.4 is 5.32 Å². The van der Waals surface area contributed by atoms with Gasteiger partial charge in [-0.2, -0.15) is 0 Å². The summed E-state index contributed by atoms with van der Waals surface area (Å²) in [5.41, 5.74) is 2.35. The number of imidazole rings is 1. The van der Waals surface area contributed by atoms with Crippen molar-refractivity contribution in [2.24, 2.45) is 0 Å². The molecule has 1 aromatic heterocycles. The van der Waals surface area contributed by atoms with Crippen molar-refractivity contribution in [2.45, 2.75) is 13.3 Å². The van der Waals surface area contributed by atoms with Crippen LogP contribution in [0, 0.1) is 0 Å². The molecule has 0 spiro atoms. The summed E-state index contributed by atoms with van der Waals surface area (Å²) in [6.07, 6.45) is 0.460. The molecule has 2 rings (SSSR count). The Morgan fingerprint density at radius 1 is 1.60 bits per heavy atom. The second-order valence-corrected chi connectivity index (χ2v) is 3.52. The fraction of sp³-hybridized carbons (Fsp3) is 0.200. The van der Waals surface area contributed by atoms with Gasteiger partial charge in [0.15, 0.2) is 0 Å².